The Hall–Kier alpha value is -3.15. The average molecular weight is 350 g/mol. The molecule has 26 heavy (non-hydrogen) atoms. The first kappa shape index (κ1) is 17.7. The highest BCUT2D eigenvalue weighted by molar-refractivity contribution is 6.05. The van der Waals surface area contributed by atoms with Crippen molar-refractivity contribution in [2.45, 2.75) is 27.3 Å². The summed E-state index contributed by atoms with van der Waals surface area (Å²) >= 11 is 0. The molecule has 0 fully saturated rings. The van der Waals surface area contributed by atoms with E-state index in [-0.39, 0.29) is 5.91 Å². The first-order valence-corrected chi connectivity index (χ1v) is 8.57. The maximum absolute atomic E-state index is 13.0. The van der Waals surface area contributed by atoms with E-state index in [9.17, 15) is 4.79 Å². The largest absolute Gasteiger partial charge is 0.467 e. The third kappa shape index (κ3) is 4.08. The molecule has 6 heteroatoms. The molecule has 0 unspecified atom stereocenters. The van der Waals surface area contributed by atoms with E-state index in [1.54, 1.807) is 24.2 Å². The van der Waals surface area contributed by atoms with E-state index in [4.69, 9.17) is 4.42 Å². The average Bonchev–Trinajstić information content (AvgIpc) is 3.14. The zero-order valence-corrected chi connectivity index (χ0v) is 15.2. The molecule has 0 saturated heterocycles. The van der Waals surface area contributed by atoms with Crippen molar-refractivity contribution in [3.05, 3.63) is 71.6 Å². The molecule has 3 aromatic rings. The van der Waals surface area contributed by atoms with Crippen LogP contribution in [-0.2, 0) is 6.54 Å². The summed E-state index contributed by atoms with van der Waals surface area (Å²) in [7, 11) is 0. The van der Waals surface area contributed by atoms with Gasteiger partial charge in [-0.2, -0.15) is 0 Å². The van der Waals surface area contributed by atoms with Gasteiger partial charge in [0.2, 0.25) is 0 Å². The van der Waals surface area contributed by atoms with Crippen molar-refractivity contribution in [3.63, 3.8) is 0 Å². The topological polar surface area (TPSA) is 71.3 Å². The predicted molar refractivity (Wildman–Crippen MR) is 101 cm³/mol. The highest BCUT2D eigenvalue weighted by Gasteiger charge is 2.19. The summed E-state index contributed by atoms with van der Waals surface area (Å²) in [4.78, 5) is 23.4. The van der Waals surface area contributed by atoms with Crippen LogP contribution in [0.4, 0.5) is 11.5 Å². The fourth-order valence-corrected chi connectivity index (χ4v) is 2.74. The number of anilines is 2. The van der Waals surface area contributed by atoms with Gasteiger partial charge in [-0.15, -0.1) is 0 Å². The van der Waals surface area contributed by atoms with E-state index >= 15 is 0 Å². The number of aromatic nitrogens is 2. The second-order valence-corrected chi connectivity index (χ2v) is 6.01. The van der Waals surface area contributed by atoms with Crippen molar-refractivity contribution >= 4 is 17.4 Å². The number of hydrogen-bond acceptors (Lipinski definition) is 5. The van der Waals surface area contributed by atoms with Gasteiger partial charge in [0.1, 0.15) is 23.1 Å². The molecule has 1 amide bonds. The summed E-state index contributed by atoms with van der Waals surface area (Å²) in [5.74, 6) is 1.78. The van der Waals surface area contributed by atoms with Gasteiger partial charge in [0.15, 0.2) is 0 Å². The molecule has 0 atom stereocenters. The molecule has 1 N–H and O–H groups in total. The smallest absolute Gasteiger partial charge is 0.277 e. The molecule has 134 valence electrons. The standard InChI is InChI=1S/C20H22N4O2/c1-4-24(16-8-5-7-14(2)11-16)20(25)18-12-19(23-15(3)22-18)21-13-17-9-6-10-26-17/h5-12H,4,13H2,1-3H3,(H,21,22,23). The van der Waals surface area contributed by atoms with Gasteiger partial charge in [-0.25, -0.2) is 9.97 Å². The Balaban J connectivity index is 1.83. The zero-order chi connectivity index (χ0) is 18.5. The first-order chi connectivity index (χ1) is 12.6. The number of furan rings is 1. The van der Waals surface area contributed by atoms with Gasteiger partial charge in [-0.3, -0.25) is 4.79 Å². The number of amides is 1. The monoisotopic (exact) mass is 350 g/mol. The number of hydrogen-bond donors (Lipinski definition) is 1. The molecule has 2 aromatic heterocycles. The quantitative estimate of drug-likeness (QED) is 0.728. The second-order valence-electron chi connectivity index (χ2n) is 6.01. The lowest BCUT2D eigenvalue weighted by Crippen LogP contribution is -2.31. The minimum absolute atomic E-state index is 0.148. The van der Waals surface area contributed by atoms with Crippen LogP contribution in [0.5, 0.6) is 0 Å². The summed E-state index contributed by atoms with van der Waals surface area (Å²) in [6.45, 7) is 6.78. The summed E-state index contributed by atoms with van der Waals surface area (Å²) in [6, 6.07) is 13.3. The maximum atomic E-state index is 13.0. The van der Waals surface area contributed by atoms with E-state index in [2.05, 4.69) is 15.3 Å². The van der Waals surface area contributed by atoms with Crippen LogP contribution in [0, 0.1) is 13.8 Å². The van der Waals surface area contributed by atoms with E-state index in [0.717, 1.165) is 17.0 Å². The Morgan fingerprint density at radius 2 is 2.00 bits per heavy atom. The lowest BCUT2D eigenvalue weighted by Gasteiger charge is -2.21. The van der Waals surface area contributed by atoms with Crippen molar-refractivity contribution in [2.75, 3.05) is 16.8 Å². The summed E-state index contributed by atoms with van der Waals surface area (Å²) < 4.78 is 5.31. The van der Waals surface area contributed by atoms with Crippen molar-refractivity contribution in [1.29, 1.82) is 0 Å². The lowest BCUT2D eigenvalue weighted by atomic mass is 10.2. The van der Waals surface area contributed by atoms with Gasteiger partial charge in [0, 0.05) is 18.3 Å². The fourth-order valence-electron chi connectivity index (χ4n) is 2.74. The number of aryl methyl sites for hydroxylation is 2. The maximum Gasteiger partial charge on any atom is 0.277 e. The molecule has 3 rings (SSSR count). The second kappa shape index (κ2) is 7.82. The number of benzene rings is 1. The molecular formula is C20H22N4O2. The third-order valence-electron chi connectivity index (χ3n) is 3.96. The number of nitrogens with one attached hydrogen (secondary N) is 1. The summed E-state index contributed by atoms with van der Waals surface area (Å²) in [6.07, 6.45) is 1.62. The van der Waals surface area contributed by atoms with Crippen molar-refractivity contribution in [2.24, 2.45) is 0 Å². The predicted octanol–water partition coefficient (Wildman–Crippen LogP) is 3.97. The van der Waals surface area contributed by atoms with Gasteiger partial charge in [0.05, 0.1) is 12.8 Å². The minimum atomic E-state index is -0.148. The minimum Gasteiger partial charge on any atom is -0.467 e. The van der Waals surface area contributed by atoms with E-state index in [1.165, 1.54) is 0 Å². The summed E-state index contributed by atoms with van der Waals surface area (Å²) in [5.41, 5.74) is 2.33. The van der Waals surface area contributed by atoms with E-state index in [0.29, 0.717) is 30.4 Å². The highest BCUT2D eigenvalue weighted by Crippen LogP contribution is 2.19. The van der Waals surface area contributed by atoms with Gasteiger partial charge in [-0.1, -0.05) is 12.1 Å². The molecule has 0 aliphatic carbocycles. The van der Waals surface area contributed by atoms with E-state index in [1.807, 2.05) is 50.2 Å². The van der Waals surface area contributed by atoms with Crippen molar-refractivity contribution < 1.29 is 9.21 Å². The van der Waals surface area contributed by atoms with Crippen LogP contribution < -0.4 is 10.2 Å². The van der Waals surface area contributed by atoms with Crippen LogP contribution in [0.3, 0.4) is 0 Å². The third-order valence-corrected chi connectivity index (χ3v) is 3.96. The Labute approximate surface area is 152 Å². The molecule has 0 bridgehead atoms. The van der Waals surface area contributed by atoms with Crippen LogP contribution in [0.1, 0.15) is 34.6 Å². The molecule has 0 spiro atoms. The van der Waals surface area contributed by atoms with E-state index < -0.39 is 0 Å². The van der Waals surface area contributed by atoms with Crippen LogP contribution in [0.15, 0.2) is 53.1 Å². The van der Waals surface area contributed by atoms with Gasteiger partial charge in [0.25, 0.3) is 5.91 Å². The van der Waals surface area contributed by atoms with Gasteiger partial charge in [-0.05, 0) is 50.6 Å². The number of nitrogens with zero attached hydrogens (tertiary/aromatic N) is 3. The molecule has 1 aromatic carbocycles. The molecule has 0 radical (unpaired) electrons. The molecule has 2 heterocycles. The molecule has 6 nitrogen and oxygen atoms in total. The van der Waals surface area contributed by atoms with Crippen LogP contribution in [0.25, 0.3) is 0 Å². The zero-order valence-electron chi connectivity index (χ0n) is 15.2. The number of carbonyl (C=O) groups is 1. The molecular weight excluding hydrogens is 328 g/mol. The van der Waals surface area contributed by atoms with Crippen LogP contribution >= 0.6 is 0 Å². The lowest BCUT2D eigenvalue weighted by molar-refractivity contribution is 0.0983. The van der Waals surface area contributed by atoms with Crippen molar-refractivity contribution in [1.82, 2.24) is 9.97 Å². The fraction of sp³-hybridized carbons (Fsp3) is 0.250. The Morgan fingerprint density at radius 1 is 1.15 bits per heavy atom. The Morgan fingerprint density at radius 3 is 2.69 bits per heavy atom. The van der Waals surface area contributed by atoms with Crippen LogP contribution in [0.2, 0.25) is 0 Å². The number of rotatable bonds is 6. The van der Waals surface area contributed by atoms with Gasteiger partial charge < -0.3 is 14.6 Å². The SMILES string of the molecule is CCN(C(=O)c1cc(NCc2ccco2)nc(C)n1)c1cccc(C)c1. The summed E-state index contributed by atoms with van der Waals surface area (Å²) in [5, 5.41) is 3.17. The first-order valence-electron chi connectivity index (χ1n) is 8.57. The molecule has 0 saturated carbocycles. The molecule has 0 aliphatic heterocycles. The normalized spacial score (nSPS) is 10.6. The Kier molecular flexibility index (Phi) is 5.31. The van der Waals surface area contributed by atoms with Crippen molar-refractivity contribution in [3.8, 4) is 0 Å². The molecule has 0 aliphatic rings. The number of carbonyl (C=O) groups excluding carboxylic acids is 1. The Bertz CT molecular complexity index is 891. The highest BCUT2D eigenvalue weighted by atomic mass is 16.3. The van der Waals surface area contributed by atoms with Crippen LogP contribution in [-0.4, -0.2) is 22.4 Å². The van der Waals surface area contributed by atoms with Gasteiger partial charge >= 0.3 is 0 Å².